The predicted octanol–water partition coefficient (Wildman–Crippen LogP) is 1.87. The van der Waals surface area contributed by atoms with Gasteiger partial charge in [0.2, 0.25) is 0 Å². The van der Waals surface area contributed by atoms with E-state index in [1.54, 1.807) is 0 Å². The molecule has 2 N–H and O–H groups in total. The van der Waals surface area contributed by atoms with Gasteiger partial charge in [0.15, 0.2) is 0 Å². The van der Waals surface area contributed by atoms with Crippen LogP contribution in [0, 0.1) is 6.92 Å². The van der Waals surface area contributed by atoms with E-state index < -0.39 is 0 Å². The Balaban J connectivity index is 2.65. The van der Waals surface area contributed by atoms with Gasteiger partial charge in [-0.25, -0.2) is 0 Å². The summed E-state index contributed by atoms with van der Waals surface area (Å²) in [6, 6.07) is 6.37. The van der Waals surface area contributed by atoms with Crippen molar-refractivity contribution < 1.29 is 0 Å². The summed E-state index contributed by atoms with van der Waals surface area (Å²) in [6.45, 7) is 5.80. The molecule has 0 spiro atoms. The Kier molecular flexibility index (Phi) is 2.73. The van der Waals surface area contributed by atoms with Crippen LogP contribution in [-0.2, 0) is 13.0 Å². The molecule has 0 aliphatic heterocycles. The largest absolute Gasteiger partial charge is 0.330 e. The van der Waals surface area contributed by atoms with E-state index in [0.717, 1.165) is 18.5 Å². The van der Waals surface area contributed by atoms with Gasteiger partial charge in [-0.2, -0.15) is 5.10 Å². The molecule has 1 heterocycles. The first-order chi connectivity index (χ1) is 7.26. The number of hydrogen-bond donors (Lipinski definition) is 1. The fourth-order valence-corrected chi connectivity index (χ4v) is 1.96. The van der Waals surface area contributed by atoms with Crippen LogP contribution in [0.5, 0.6) is 0 Å². The number of benzene rings is 1. The van der Waals surface area contributed by atoms with E-state index in [-0.39, 0.29) is 0 Å². The number of hydrogen-bond acceptors (Lipinski definition) is 2. The third kappa shape index (κ3) is 1.75. The summed E-state index contributed by atoms with van der Waals surface area (Å²) < 4.78 is 2.05. The van der Waals surface area contributed by atoms with Crippen LogP contribution >= 0.6 is 0 Å². The maximum absolute atomic E-state index is 5.63. The molecule has 3 nitrogen and oxygen atoms in total. The van der Waals surface area contributed by atoms with Gasteiger partial charge >= 0.3 is 0 Å². The van der Waals surface area contributed by atoms with Gasteiger partial charge in [-0.1, -0.05) is 11.6 Å². The zero-order valence-corrected chi connectivity index (χ0v) is 9.33. The summed E-state index contributed by atoms with van der Waals surface area (Å²) in [4.78, 5) is 0. The fourth-order valence-electron chi connectivity index (χ4n) is 1.96. The van der Waals surface area contributed by atoms with Crippen LogP contribution in [0.15, 0.2) is 18.2 Å². The molecule has 0 atom stereocenters. The molecule has 15 heavy (non-hydrogen) atoms. The zero-order valence-electron chi connectivity index (χ0n) is 9.33. The topological polar surface area (TPSA) is 43.8 Å². The summed E-state index contributed by atoms with van der Waals surface area (Å²) in [7, 11) is 0. The second kappa shape index (κ2) is 4.03. The Morgan fingerprint density at radius 1 is 1.40 bits per heavy atom. The summed E-state index contributed by atoms with van der Waals surface area (Å²) >= 11 is 0. The lowest BCUT2D eigenvalue weighted by atomic mass is 10.1. The molecule has 1 aromatic heterocycles. The molecule has 0 aliphatic carbocycles. The number of aromatic nitrogens is 2. The van der Waals surface area contributed by atoms with Gasteiger partial charge in [-0.15, -0.1) is 0 Å². The summed E-state index contributed by atoms with van der Waals surface area (Å²) in [5.41, 5.74) is 9.24. The van der Waals surface area contributed by atoms with E-state index in [0.29, 0.717) is 6.54 Å². The molecule has 0 fully saturated rings. The van der Waals surface area contributed by atoms with Crippen molar-refractivity contribution in [1.82, 2.24) is 9.78 Å². The van der Waals surface area contributed by atoms with Gasteiger partial charge in [0.05, 0.1) is 5.52 Å². The van der Waals surface area contributed by atoms with Gasteiger partial charge in [0.25, 0.3) is 0 Å². The van der Waals surface area contributed by atoms with Gasteiger partial charge in [0, 0.05) is 24.0 Å². The van der Waals surface area contributed by atoms with E-state index >= 15 is 0 Å². The van der Waals surface area contributed by atoms with Crippen LogP contribution in [-0.4, -0.2) is 16.3 Å². The van der Waals surface area contributed by atoms with Crippen LogP contribution in [0.4, 0.5) is 0 Å². The highest BCUT2D eigenvalue weighted by atomic mass is 15.3. The molecule has 0 aliphatic rings. The van der Waals surface area contributed by atoms with Crippen molar-refractivity contribution in [3.05, 3.63) is 29.5 Å². The predicted molar refractivity (Wildman–Crippen MR) is 62.9 cm³/mol. The molecule has 80 valence electrons. The molecule has 3 heteroatoms. The van der Waals surface area contributed by atoms with Crippen LogP contribution in [0.25, 0.3) is 10.9 Å². The lowest BCUT2D eigenvalue weighted by Gasteiger charge is -2.02. The Morgan fingerprint density at radius 3 is 2.87 bits per heavy atom. The fraction of sp³-hybridized carbons (Fsp3) is 0.417. The molecular formula is C12H17N3. The van der Waals surface area contributed by atoms with E-state index in [9.17, 15) is 0 Å². The maximum Gasteiger partial charge on any atom is 0.0926 e. The second-order valence-electron chi connectivity index (χ2n) is 3.82. The first-order valence-electron chi connectivity index (χ1n) is 5.42. The Labute approximate surface area is 89.9 Å². The van der Waals surface area contributed by atoms with E-state index in [4.69, 9.17) is 5.73 Å². The van der Waals surface area contributed by atoms with Gasteiger partial charge in [-0.3, -0.25) is 4.68 Å². The Morgan fingerprint density at radius 2 is 2.20 bits per heavy atom. The molecule has 2 rings (SSSR count). The van der Waals surface area contributed by atoms with Crippen LogP contribution in [0.2, 0.25) is 0 Å². The quantitative estimate of drug-likeness (QED) is 0.827. The molecule has 0 saturated heterocycles. The van der Waals surface area contributed by atoms with Gasteiger partial charge < -0.3 is 5.73 Å². The lowest BCUT2D eigenvalue weighted by Crippen LogP contribution is -2.09. The van der Waals surface area contributed by atoms with Crippen molar-refractivity contribution in [2.75, 3.05) is 6.54 Å². The number of nitrogens with two attached hydrogens (primary N) is 1. The molecule has 0 amide bonds. The zero-order chi connectivity index (χ0) is 10.8. The Bertz CT molecular complexity index is 471. The molecular weight excluding hydrogens is 186 g/mol. The Hall–Kier alpha value is -1.35. The minimum Gasteiger partial charge on any atom is -0.330 e. The van der Waals surface area contributed by atoms with Crippen molar-refractivity contribution in [2.45, 2.75) is 26.8 Å². The highest BCUT2D eigenvalue weighted by Crippen LogP contribution is 2.20. The number of fused-ring (bicyclic) bond motifs is 1. The second-order valence-corrected chi connectivity index (χ2v) is 3.82. The first kappa shape index (κ1) is 10.2. The minimum absolute atomic E-state index is 0.675. The van der Waals surface area contributed by atoms with Crippen molar-refractivity contribution in [1.29, 1.82) is 0 Å². The molecule has 0 bridgehead atoms. The summed E-state index contributed by atoms with van der Waals surface area (Å²) in [5, 5.41) is 5.80. The highest BCUT2D eigenvalue weighted by molar-refractivity contribution is 5.82. The van der Waals surface area contributed by atoms with Gasteiger partial charge in [-0.05, 0) is 32.5 Å². The van der Waals surface area contributed by atoms with Crippen molar-refractivity contribution >= 4 is 10.9 Å². The smallest absolute Gasteiger partial charge is 0.0926 e. The first-order valence-corrected chi connectivity index (χ1v) is 5.42. The van der Waals surface area contributed by atoms with Crippen molar-refractivity contribution in [3.8, 4) is 0 Å². The maximum atomic E-state index is 5.63. The standard InChI is InChI=1S/C12H17N3/c1-3-15-12(6-7-13)10-8-9(2)4-5-11(10)14-15/h4-5,8H,3,6-7,13H2,1-2H3. The van der Waals surface area contributed by atoms with Crippen LogP contribution in [0.1, 0.15) is 18.2 Å². The summed E-state index contributed by atoms with van der Waals surface area (Å²) in [6.07, 6.45) is 0.897. The average Bonchev–Trinajstić information content (AvgIpc) is 2.57. The third-order valence-electron chi connectivity index (χ3n) is 2.68. The van der Waals surface area contributed by atoms with Crippen LogP contribution in [0.3, 0.4) is 0 Å². The molecule has 0 radical (unpaired) electrons. The normalized spacial score (nSPS) is 11.1. The van der Waals surface area contributed by atoms with Gasteiger partial charge in [0.1, 0.15) is 0 Å². The van der Waals surface area contributed by atoms with Crippen molar-refractivity contribution in [2.24, 2.45) is 5.73 Å². The number of aryl methyl sites for hydroxylation is 2. The SMILES string of the molecule is CCn1nc2ccc(C)cc2c1CCN. The average molecular weight is 203 g/mol. The summed E-state index contributed by atoms with van der Waals surface area (Å²) in [5.74, 6) is 0. The molecule has 0 saturated carbocycles. The minimum atomic E-state index is 0.675. The highest BCUT2D eigenvalue weighted by Gasteiger charge is 2.08. The number of nitrogens with zero attached hydrogens (tertiary/aromatic N) is 2. The van der Waals surface area contributed by atoms with Crippen molar-refractivity contribution in [3.63, 3.8) is 0 Å². The van der Waals surface area contributed by atoms with E-state index in [1.165, 1.54) is 16.6 Å². The number of rotatable bonds is 3. The van der Waals surface area contributed by atoms with Crippen LogP contribution < -0.4 is 5.73 Å². The molecule has 2 aromatic rings. The lowest BCUT2D eigenvalue weighted by molar-refractivity contribution is 0.628. The monoisotopic (exact) mass is 203 g/mol. The molecule has 0 unspecified atom stereocenters. The third-order valence-corrected chi connectivity index (χ3v) is 2.68. The van der Waals surface area contributed by atoms with E-state index in [2.05, 4.69) is 41.8 Å². The molecule has 1 aromatic carbocycles. The van der Waals surface area contributed by atoms with E-state index in [1.807, 2.05) is 0 Å².